The summed E-state index contributed by atoms with van der Waals surface area (Å²) in [5.41, 5.74) is 1.73. The molecule has 0 unspecified atom stereocenters. The third kappa shape index (κ3) is 5.92. The standard InChI is InChI=1S/C17H21N3O2S/c1-13(19-17(21)20-15-4-3-9-18-12-15)14-5-7-16(8-6-14)23-11-10-22-2/h3-9,12-13H,10-11H2,1-2H3,(H2,19,20,21)/t13-/m1/s1. The minimum atomic E-state index is -0.246. The summed E-state index contributed by atoms with van der Waals surface area (Å²) >= 11 is 1.75. The SMILES string of the molecule is COCCSc1ccc([C@@H](C)NC(=O)Nc2cccnc2)cc1. The predicted molar refractivity (Wildman–Crippen MR) is 93.8 cm³/mol. The number of anilines is 1. The van der Waals surface area contributed by atoms with Gasteiger partial charge in [-0.25, -0.2) is 4.79 Å². The number of hydrogen-bond donors (Lipinski definition) is 2. The first-order valence-corrected chi connectivity index (χ1v) is 8.37. The van der Waals surface area contributed by atoms with E-state index < -0.39 is 0 Å². The molecule has 2 amide bonds. The van der Waals surface area contributed by atoms with Crippen LogP contribution < -0.4 is 10.6 Å². The maximum absolute atomic E-state index is 12.0. The normalized spacial score (nSPS) is 11.7. The fourth-order valence-electron chi connectivity index (χ4n) is 1.98. The van der Waals surface area contributed by atoms with Gasteiger partial charge in [0.15, 0.2) is 0 Å². The van der Waals surface area contributed by atoms with Gasteiger partial charge in [0.05, 0.1) is 24.5 Å². The Kier molecular flexibility index (Phi) is 6.90. The Balaban J connectivity index is 1.85. The van der Waals surface area contributed by atoms with Crippen LogP contribution in [0.5, 0.6) is 0 Å². The van der Waals surface area contributed by atoms with Crippen LogP contribution in [0.15, 0.2) is 53.7 Å². The van der Waals surface area contributed by atoms with Crippen LogP contribution in [0.2, 0.25) is 0 Å². The summed E-state index contributed by atoms with van der Waals surface area (Å²) in [6.07, 6.45) is 3.27. The molecule has 6 heteroatoms. The molecule has 0 radical (unpaired) electrons. The molecule has 1 atom stereocenters. The van der Waals surface area contributed by atoms with E-state index in [-0.39, 0.29) is 12.1 Å². The summed E-state index contributed by atoms with van der Waals surface area (Å²) < 4.78 is 5.04. The number of carbonyl (C=O) groups excluding carboxylic acids is 1. The zero-order valence-corrected chi connectivity index (χ0v) is 14.1. The number of thioether (sulfide) groups is 1. The molecule has 5 nitrogen and oxygen atoms in total. The van der Waals surface area contributed by atoms with Crippen LogP contribution >= 0.6 is 11.8 Å². The quantitative estimate of drug-likeness (QED) is 0.600. The lowest BCUT2D eigenvalue weighted by atomic mass is 10.1. The highest BCUT2D eigenvalue weighted by Crippen LogP contribution is 2.21. The van der Waals surface area contributed by atoms with E-state index in [9.17, 15) is 4.79 Å². The molecule has 0 fully saturated rings. The van der Waals surface area contributed by atoms with Gasteiger partial charge < -0.3 is 15.4 Å². The number of rotatable bonds is 7. The lowest BCUT2D eigenvalue weighted by molar-refractivity contribution is 0.218. The molecule has 0 bridgehead atoms. The van der Waals surface area contributed by atoms with Gasteiger partial charge in [-0.2, -0.15) is 0 Å². The van der Waals surface area contributed by atoms with Gasteiger partial charge in [0.1, 0.15) is 0 Å². The van der Waals surface area contributed by atoms with Gasteiger partial charge in [0.25, 0.3) is 0 Å². The molecule has 0 aliphatic heterocycles. The zero-order valence-electron chi connectivity index (χ0n) is 13.3. The smallest absolute Gasteiger partial charge is 0.319 e. The lowest BCUT2D eigenvalue weighted by Gasteiger charge is -2.15. The molecule has 0 aliphatic rings. The highest BCUT2D eigenvalue weighted by molar-refractivity contribution is 7.99. The second-order valence-corrected chi connectivity index (χ2v) is 6.14. The lowest BCUT2D eigenvalue weighted by Crippen LogP contribution is -2.31. The van der Waals surface area contributed by atoms with E-state index in [1.54, 1.807) is 43.4 Å². The van der Waals surface area contributed by atoms with E-state index in [1.165, 1.54) is 4.90 Å². The Labute approximate surface area is 140 Å². The van der Waals surface area contributed by atoms with Crippen molar-refractivity contribution in [3.8, 4) is 0 Å². The van der Waals surface area contributed by atoms with Crippen LogP contribution in [0.25, 0.3) is 0 Å². The number of ether oxygens (including phenoxy) is 1. The van der Waals surface area contributed by atoms with Gasteiger partial charge in [-0.15, -0.1) is 11.8 Å². The average Bonchev–Trinajstić information content (AvgIpc) is 2.56. The van der Waals surface area contributed by atoms with E-state index in [2.05, 4.69) is 27.8 Å². The number of hydrogen-bond acceptors (Lipinski definition) is 4. The number of nitrogens with one attached hydrogen (secondary N) is 2. The number of amides is 2. The van der Waals surface area contributed by atoms with Crippen molar-refractivity contribution in [1.29, 1.82) is 0 Å². The van der Waals surface area contributed by atoms with Crippen LogP contribution in [0.1, 0.15) is 18.5 Å². The molecule has 2 rings (SSSR count). The van der Waals surface area contributed by atoms with E-state index in [0.717, 1.165) is 17.9 Å². The van der Waals surface area contributed by atoms with Crippen molar-refractivity contribution >= 4 is 23.5 Å². The number of benzene rings is 1. The monoisotopic (exact) mass is 331 g/mol. The van der Waals surface area contributed by atoms with E-state index >= 15 is 0 Å². The summed E-state index contributed by atoms with van der Waals surface area (Å²) in [4.78, 5) is 17.1. The predicted octanol–water partition coefficient (Wildman–Crippen LogP) is 3.70. The van der Waals surface area contributed by atoms with Crippen molar-refractivity contribution in [3.63, 3.8) is 0 Å². The number of urea groups is 1. The van der Waals surface area contributed by atoms with Crippen molar-refractivity contribution < 1.29 is 9.53 Å². The van der Waals surface area contributed by atoms with Gasteiger partial charge >= 0.3 is 6.03 Å². The van der Waals surface area contributed by atoms with Crippen molar-refractivity contribution in [1.82, 2.24) is 10.3 Å². The first-order chi connectivity index (χ1) is 11.2. The van der Waals surface area contributed by atoms with Crippen molar-refractivity contribution in [2.24, 2.45) is 0 Å². The molecular formula is C17H21N3O2S. The molecule has 1 aromatic heterocycles. The molecule has 0 saturated heterocycles. The Morgan fingerprint density at radius 2 is 2.09 bits per heavy atom. The van der Waals surface area contributed by atoms with Crippen LogP contribution in [-0.2, 0) is 4.74 Å². The fraction of sp³-hybridized carbons (Fsp3) is 0.294. The van der Waals surface area contributed by atoms with Gasteiger partial charge in [-0.05, 0) is 36.8 Å². The maximum atomic E-state index is 12.0. The van der Waals surface area contributed by atoms with E-state index in [0.29, 0.717) is 5.69 Å². The minimum absolute atomic E-state index is 0.0790. The Hall–Kier alpha value is -2.05. The average molecular weight is 331 g/mol. The number of methoxy groups -OCH3 is 1. The maximum Gasteiger partial charge on any atom is 0.319 e. The van der Waals surface area contributed by atoms with E-state index in [1.807, 2.05) is 19.1 Å². The molecule has 0 spiro atoms. The van der Waals surface area contributed by atoms with Gasteiger partial charge in [-0.3, -0.25) is 4.98 Å². The second-order valence-electron chi connectivity index (χ2n) is 4.97. The highest BCUT2D eigenvalue weighted by atomic mass is 32.2. The van der Waals surface area contributed by atoms with Gasteiger partial charge in [-0.1, -0.05) is 12.1 Å². The summed E-state index contributed by atoms with van der Waals surface area (Å²) in [6.45, 7) is 2.69. The van der Waals surface area contributed by atoms with Crippen molar-refractivity contribution in [2.45, 2.75) is 17.9 Å². The van der Waals surface area contributed by atoms with Gasteiger partial charge in [0.2, 0.25) is 0 Å². The highest BCUT2D eigenvalue weighted by Gasteiger charge is 2.09. The Morgan fingerprint density at radius 1 is 1.30 bits per heavy atom. The fourth-order valence-corrected chi connectivity index (χ4v) is 2.79. The molecule has 0 saturated carbocycles. The molecule has 0 aliphatic carbocycles. The van der Waals surface area contributed by atoms with Crippen molar-refractivity contribution in [2.75, 3.05) is 24.8 Å². The van der Waals surface area contributed by atoms with Crippen LogP contribution in [0, 0.1) is 0 Å². The topological polar surface area (TPSA) is 63.2 Å². The van der Waals surface area contributed by atoms with Gasteiger partial charge in [0, 0.05) is 24.0 Å². The third-order valence-corrected chi connectivity index (χ3v) is 4.18. The van der Waals surface area contributed by atoms with Crippen LogP contribution in [-0.4, -0.2) is 30.5 Å². The molecule has 1 aromatic carbocycles. The molecule has 122 valence electrons. The molecular weight excluding hydrogens is 310 g/mol. The van der Waals surface area contributed by atoms with Crippen LogP contribution in [0.3, 0.4) is 0 Å². The van der Waals surface area contributed by atoms with Crippen LogP contribution in [0.4, 0.5) is 10.5 Å². The number of pyridine rings is 1. The molecule has 2 aromatic rings. The summed E-state index contributed by atoms with van der Waals surface area (Å²) in [7, 11) is 1.70. The Morgan fingerprint density at radius 3 is 2.74 bits per heavy atom. The number of aromatic nitrogens is 1. The third-order valence-electron chi connectivity index (χ3n) is 3.20. The largest absolute Gasteiger partial charge is 0.384 e. The summed E-state index contributed by atoms with van der Waals surface area (Å²) in [6, 6.07) is 11.4. The summed E-state index contributed by atoms with van der Waals surface area (Å²) in [5.74, 6) is 0.928. The second kappa shape index (κ2) is 9.17. The van der Waals surface area contributed by atoms with Crippen molar-refractivity contribution in [3.05, 3.63) is 54.4 Å². The minimum Gasteiger partial charge on any atom is -0.384 e. The number of nitrogens with zero attached hydrogens (tertiary/aromatic N) is 1. The zero-order chi connectivity index (χ0) is 16.5. The molecule has 1 heterocycles. The molecule has 23 heavy (non-hydrogen) atoms. The summed E-state index contributed by atoms with van der Waals surface area (Å²) in [5, 5.41) is 5.67. The van der Waals surface area contributed by atoms with E-state index in [4.69, 9.17) is 4.74 Å². The first-order valence-electron chi connectivity index (χ1n) is 7.38. The first kappa shape index (κ1) is 17.3. The number of carbonyl (C=O) groups is 1. The Bertz CT molecular complexity index is 605. The molecule has 2 N–H and O–H groups in total.